The lowest BCUT2D eigenvalue weighted by atomic mass is 9.97. The minimum Gasteiger partial charge on any atom is -0.390 e. The van der Waals surface area contributed by atoms with Crippen LogP contribution >= 0.6 is 0 Å². The summed E-state index contributed by atoms with van der Waals surface area (Å²) in [5.74, 6) is 0. The van der Waals surface area contributed by atoms with Crippen LogP contribution in [-0.2, 0) is 9.53 Å². The van der Waals surface area contributed by atoms with Gasteiger partial charge in [0.1, 0.15) is 0 Å². The third-order valence-electron chi connectivity index (χ3n) is 5.91. The molecule has 23 heavy (non-hydrogen) atoms. The Labute approximate surface area is 139 Å². The van der Waals surface area contributed by atoms with E-state index in [1.807, 2.05) is 0 Å². The Morgan fingerprint density at radius 2 is 2.00 bits per heavy atom. The summed E-state index contributed by atoms with van der Waals surface area (Å²) in [5, 5.41) is 13.5. The third-order valence-corrected chi connectivity index (χ3v) is 5.91. The fourth-order valence-corrected chi connectivity index (χ4v) is 4.89. The number of carbonyl (C=O) groups is 1. The number of amides is 1. The van der Waals surface area contributed by atoms with E-state index in [9.17, 15) is 9.90 Å². The van der Waals surface area contributed by atoms with Crippen molar-refractivity contribution in [2.24, 2.45) is 0 Å². The van der Waals surface area contributed by atoms with E-state index < -0.39 is 0 Å². The molecule has 0 radical (unpaired) electrons. The van der Waals surface area contributed by atoms with Crippen molar-refractivity contribution in [3.05, 3.63) is 0 Å². The number of nitrogens with zero attached hydrogens (tertiary/aromatic N) is 2. The summed E-state index contributed by atoms with van der Waals surface area (Å²) in [4.78, 5) is 15.5. The summed E-state index contributed by atoms with van der Waals surface area (Å²) in [5.41, 5.74) is 0. The molecule has 3 saturated heterocycles. The molecule has 0 spiro atoms. The van der Waals surface area contributed by atoms with Gasteiger partial charge in [0.05, 0.1) is 12.7 Å². The number of piperidine rings is 1. The minimum absolute atomic E-state index is 0.300. The maximum atomic E-state index is 10.7. The number of fused-ring (bicyclic) bond motifs is 2. The van der Waals surface area contributed by atoms with Gasteiger partial charge < -0.3 is 15.2 Å². The van der Waals surface area contributed by atoms with E-state index in [2.05, 4.69) is 15.1 Å². The van der Waals surface area contributed by atoms with Gasteiger partial charge in [-0.3, -0.25) is 14.6 Å². The fourth-order valence-electron chi connectivity index (χ4n) is 4.89. The van der Waals surface area contributed by atoms with Gasteiger partial charge in [0.2, 0.25) is 6.41 Å². The molecular weight excluding hydrogens is 294 g/mol. The van der Waals surface area contributed by atoms with Gasteiger partial charge in [0, 0.05) is 44.4 Å². The number of β-amino-alcohol motifs (C(OH)–C–C–N with tert-alkyl or cyclic N) is 1. The smallest absolute Gasteiger partial charge is 0.207 e. The molecule has 0 aromatic heterocycles. The van der Waals surface area contributed by atoms with Gasteiger partial charge in [-0.1, -0.05) is 0 Å². The largest absolute Gasteiger partial charge is 0.390 e. The number of aliphatic hydroxyl groups excluding tert-OH is 1. The van der Waals surface area contributed by atoms with E-state index in [1.54, 1.807) is 7.11 Å². The molecule has 3 fully saturated rings. The quantitative estimate of drug-likeness (QED) is 0.624. The van der Waals surface area contributed by atoms with Gasteiger partial charge in [0.15, 0.2) is 0 Å². The van der Waals surface area contributed by atoms with Crippen LogP contribution in [0.15, 0.2) is 0 Å². The zero-order valence-corrected chi connectivity index (χ0v) is 14.2. The van der Waals surface area contributed by atoms with Crippen molar-refractivity contribution < 1.29 is 14.6 Å². The average Bonchev–Trinajstić information content (AvgIpc) is 3.03. The highest BCUT2D eigenvalue weighted by Crippen LogP contribution is 2.35. The molecule has 0 aromatic rings. The van der Waals surface area contributed by atoms with Gasteiger partial charge in [0.25, 0.3) is 0 Å². The zero-order chi connectivity index (χ0) is 16.2. The molecule has 0 aliphatic carbocycles. The van der Waals surface area contributed by atoms with Crippen LogP contribution in [0.3, 0.4) is 0 Å². The van der Waals surface area contributed by atoms with Crippen LogP contribution in [0.5, 0.6) is 0 Å². The van der Waals surface area contributed by atoms with Crippen molar-refractivity contribution in [2.75, 3.05) is 33.4 Å². The van der Waals surface area contributed by atoms with Gasteiger partial charge in [-0.15, -0.1) is 0 Å². The van der Waals surface area contributed by atoms with Gasteiger partial charge in [-0.05, 0) is 45.1 Å². The second-order valence-electron chi connectivity index (χ2n) is 7.43. The Morgan fingerprint density at radius 3 is 2.65 bits per heavy atom. The molecule has 3 aliphatic rings. The lowest BCUT2D eigenvalue weighted by molar-refractivity contribution is -0.110. The number of aliphatic hydroxyl groups is 1. The molecule has 1 amide bonds. The number of methoxy groups -OCH3 is 1. The summed E-state index contributed by atoms with van der Waals surface area (Å²) in [6.07, 6.45) is 7.36. The molecular formula is C17H31N3O3. The third kappa shape index (κ3) is 4.05. The Balaban J connectivity index is 1.49. The predicted molar refractivity (Wildman–Crippen MR) is 88.2 cm³/mol. The van der Waals surface area contributed by atoms with Gasteiger partial charge >= 0.3 is 0 Å². The van der Waals surface area contributed by atoms with Crippen LogP contribution in [0.1, 0.15) is 38.5 Å². The summed E-state index contributed by atoms with van der Waals surface area (Å²) < 4.78 is 5.30. The van der Waals surface area contributed by atoms with E-state index in [4.69, 9.17) is 4.74 Å². The molecule has 1 unspecified atom stereocenters. The Morgan fingerprint density at radius 1 is 1.26 bits per heavy atom. The van der Waals surface area contributed by atoms with E-state index in [-0.39, 0.29) is 6.10 Å². The minimum atomic E-state index is -0.300. The molecule has 0 aromatic carbocycles. The molecule has 3 rings (SSSR count). The molecule has 6 heteroatoms. The van der Waals surface area contributed by atoms with Crippen molar-refractivity contribution in [3.63, 3.8) is 0 Å². The molecule has 2 N–H and O–H groups in total. The summed E-state index contributed by atoms with van der Waals surface area (Å²) in [6, 6.07) is 1.83. The topological polar surface area (TPSA) is 65.0 Å². The molecule has 3 aliphatic heterocycles. The second-order valence-corrected chi connectivity index (χ2v) is 7.43. The highest BCUT2D eigenvalue weighted by Gasteiger charge is 2.41. The number of hydrogen-bond donors (Lipinski definition) is 2. The highest BCUT2D eigenvalue weighted by atomic mass is 16.5. The normalized spacial score (nSPS) is 36.3. The first-order chi connectivity index (χ1) is 11.2. The Kier molecular flexibility index (Phi) is 5.91. The van der Waals surface area contributed by atoms with Crippen LogP contribution in [0.2, 0.25) is 0 Å². The first-order valence-corrected chi connectivity index (χ1v) is 9.07. The molecule has 132 valence electrons. The SMILES string of the molecule is COC[C@@H]1CCCN1CC(O)CN1[C@@H]2CC[C@H]1C[C@@H](NC=O)C2. The van der Waals surface area contributed by atoms with E-state index in [1.165, 1.54) is 25.7 Å². The zero-order valence-electron chi connectivity index (χ0n) is 14.2. The average molecular weight is 325 g/mol. The number of carbonyl (C=O) groups excluding carboxylic acids is 1. The lowest BCUT2D eigenvalue weighted by Gasteiger charge is -2.40. The first kappa shape index (κ1) is 17.1. The standard InChI is InChI=1S/C17H31N3O3/c1-23-11-16-3-2-6-19(16)9-17(22)10-20-14-4-5-15(20)8-13(7-14)18-12-21/h12-17,22H,2-11H2,1H3,(H,18,21)/t13-,14+,15-,16-,17?/m0/s1. The van der Waals surface area contributed by atoms with Crippen molar-refractivity contribution in [3.8, 4) is 0 Å². The number of ether oxygens (including phenoxy) is 1. The van der Waals surface area contributed by atoms with Crippen LogP contribution in [-0.4, -0.2) is 84.9 Å². The maximum absolute atomic E-state index is 10.7. The van der Waals surface area contributed by atoms with Crippen LogP contribution < -0.4 is 5.32 Å². The molecule has 3 heterocycles. The first-order valence-electron chi connectivity index (χ1n) is 9.07. The van der Waals surface area contributed by atoms with Crippen molar-refractivity contribution in [2.45, 2.75) is 68.8 Å². The molecule has 6 nitrogen and oxygen atoms in total. The van der Waals surface area contributed by atoms with Crippen molar-refractivity contribution >= 4 is 6.41 Å². The maximum Gasteiger partial charge on any atom is 0.207 e. The van der Waals surface area contributed by atoms with Gasteiger partial charge in [-0.25, -0.2) is 0 Å². The fraction of sp³-hybridized carbons (Fsp3) is 0.941. The number of rotatable bonds is 8. The summed E-state index contributed by atoms with van der Waals surface area (Å²) in [7, 11) is 1.75. The Hall–Kier alpha value is -0.690. The lowest BCUT2D eigenvalue weighted by Crippen LogP contribution is -2.52. The second kappa shape index (κ2) is 7.92. The van der Waals surface area contributed by atoms with Gasteiger partial charge in [-0.2, -0.15) is 0 Å². The summed E-state index contributed by atoms with van der Waals surface area (Å²) in [6.45, 7) is 3.35. The number of hydrogen-bond acceptors (Lipinski definition) is 5. The van der Waals surface area contributed by atoms with Crippen LogP contribution in [0.4, 0.5) is 0 Å². The van der Waals surface area contributed by atoms with Crippen LogP contribution in [0, 0.1) is 0 Å². The van der Waals surface area contributed by atoms with Crippen molar-refractivity contribution in [1.29, 1.82) is 0 Å². The molecule has 0 saturated carbocycles. The van der Waals surface area contributed by atoms with E-state index in [0.29, 0.717) is 24.2 Å². The number of likely N-dealkylation sites (tertiary alicyclic amines) is 1. The summed E-state index contributed by atoms with van der Waals surface area (Å²) >= 11 is 0. The Bertz CT molecular complexity index is 381. The molecule has 2 bridgehead atoms. The predicted octanol–water partition coefficient (Wildman–Crippen LogP) is 0.200. The van der Waals surface area contributed by atoms with Crippen molar-refractivity contribution in [1.82, 2.24) is 15.1 Å². The van der Waals surface area contributed by atoms with Crippen LogP contribution in [0.25, 0.3) is 0 Å². The highest BCUT2D eigenvalue weighted by molar-refractivity contribution is 5.46. The monoisotopic (exact) mass is 325 g/mol. The number of nitrogens with one attached hydrogen (secondary N) is 1. The van der Waals surface area contributed by atoms with E-state index >= 15 is 0 Å². The van der Waals surface area contributed by atoms with E-state index in [0.717, 1.165) is 45.5 Å². The molecule has 5 atom stereocenters.